The van der Waals surface area contributed by atoms with Crippen LogP contribution in [0.15, 0.2) is 0 Å². The molecule has 2 heteroatoms. The Morgan fingerprint density at radius 1 is 1.06 bits per heavy atom. The second-order valence-electron chi connectivity index (χ2n) is 6.25. The highest BCUT2D eigenvalue weighted by molar-refractivity contribution is 4.96. The Hall–Kier alpha value is -0.0800. The van der Waals surface area contributed by atoms with Gasteiger partial charge in [-0.05, 0) is 51.4 Å². The normalized spacial score (nSPS) is 44.1. The number of nitrogens with zero attached hydrogens (tertiary/aromatic N) is 1. The Bertz CT molecular complexity index is 241. The van der Waals surface area contributed by atoms with Crippen molar-refractivity contribution in [3.63, 3.8) is 0 Å². The molecule has 1 saturated heterocycles. The first-order valence-electron chi connectivity index (χ1n) is 7.70. The van der Waals surface area contributed by atoms with Crippen molar-refractivity contribution in [3.05, 3.63) is 0 Å². The van der Waals surface area contributed by atoms with Crippen molar-refractivity contribution in [3.8, 4) is 0 Å². The topological polar surface area (TPSA) is 29.3 Å². The Balaban J connectivity index is 2.07. The molecule has 1 aliphatic heterocycles. The van der Waals surface area contributed by atoms with Crippen LogP contribution in [-0.4, -0.2) is 29.1 Å². The molecule has 1 heterocycles. The first-order valence-corrected chi connectivity index (χ1v) is 7.70. The van der Waals surface area contributed by atoms with Crippen molar-refractivity contribution in [2.24, 2.45) is 11.7 Å². The van der Waals surface area contributed by atoms with E-state index in [1.165, 1.54) is 44.9 Å². The maximum Gasteiger partial charge on any atom is 0.0255 e. The van der Waals surface area contributed by atoms with Gasteiger partial charge in [-0.1, -0.05) is 20.3 Å². The molecule has 2 nitrogen and oxygen atoms in total. The van der Waals surface area contributed by atoms with E-state index in [2.05, 4.69) is 25.7 Å². The van der Waals surface area contributed by atoms with Gasteiger partial charge in [0.25, 0.3) is 0 Å². The summed E-state index contributed by atoms with van der Waals surface area (Å²) >= 11 is 0. The summed E-state index contributed by atoms with van der Waals surface area (Å²) in [6.45, 7) is 7.07. The van der Waals surface area contributed by atoms with Crippen LogP contribution in [0.25, 0.3) is 0 Å². The molecule has 2 fully saturated rings. The van der Waals surface area contributed by atoms with Gasteiger partial charge < -0.3 is 5.73 Å². The van der Waals surface area contributed by atoms with Crippen molar-refractivity contribution in [2.75, 3.05) is 0 Å². The van der Waals surface area contributed by atoms with Gasteiger partial charge in [-0.3, -0.25) is 4.90 Å². The van der Waals surface area contributed by atoms with Gasteiger partial charge in [0.2, 0.25) is 0 Å². The minimum absolute atomic E-state index is 0.424. The lowest BCUT2D eigenvalue weighted by Gasteiger charge is -2.44. The highest BCUT2D eigenvalue weighted by atomic mass is 15.2. The Labute approximate surface area is 107 Å². The van der Waals surface area contributed by atoms with Gasteiger partial charge >= 0.3 is 0 Å². The van der Waals surface area contributed by atoms with E-state index in [0.717, 1.165) is 18.0 Å². The largest absolute Gasteiger partial charge is 0.326 e. The summed E-state index contributed by atoms with van der Waals surface area (Å²) in [7, 11) is 0. The highest BCUT2D eigenvalue weighted by Crippen LogP contribution is 2.36. The summed E-state index contributed by atoms with van der Waals surface area (Å²) in [4.78, 5) is 2.78. The van der Waals surface area contributed by atoms with E-state index in [0.29, 0.717) is 12.1 Å². The third kappa shape index (κ3) is 2.68. The summed E-state index contributed by atoms with van der Waals surface area (Å²) < 4.78 is 0. The van der Waals surface area contributed by atoms with Crippen molar-refractivity contribution >= 4 is 0 Å². The number of nitrogens with two attached hydrogens (primary N) is 1. The molecule has 1 aliphatic carbocycles. The second kappa shape index (κ2) is 5.71. The lowest BCUT2D eigenvalue weighted by atomic mass is 9.80. The molecule has 0 amide bonds. The summed E-state index contributed by atoms with van der Waals surface area (Å²) in [5, 5.41) is 0. The van der Waals surface area contributed by atoms with Crippen LogP contribution in [0.2, 0.25) is 0 Å². The fourth-order valence-electron chi connectivity index (χ4n) is 4.07. The lowest BCUT2D eigenvalue weighted by Crippen LogP contribution is -2.54. The zero-order valence-corrected chi connectivity index (χ0v) is 11.9. The monoisotopic (exact) mass is 238 g/mol. The number of hydrogen-bond donors (Lipinski definition) is 1. The lowest BCUT2D eigenvalue weighted by molar-refractivity contribution is 0.0691. The molecule has 17 heavy (non-hydrogen) atoms. The molecule has 0 aromatic rings. The van der Waals surface area contributed by atoms with Crippen molar-refractivity contribution < 1.29 is 0 Å². The van der Waals surface area contributed by atoms with Crippen LogP contribution < -0.4 is 5.73 Å². The molecule has 100 valence electrons. The van der Waals surface area contributed by atoms with Crippen molar-refractivity contribution in [2.45, 2.75) is 89.9 Å². The molecule has 5 atom stereocenters. The molecule has 2 N–H and O–H groups in total. The smallest absolute Gasteiger partial charge is 0.0255 e. The highest BCUT2D eigenvalue weighted by Gasteiger charge is 2.39. The van der Waals surface area contributed by atoms with E-state index < -0.39 is 0 Å². The first kappa shape index (κ1) is 13.4. The van der Waals surface area contributed by atoms with E-state index in [-0.39, 0.29) is 0 Å². The summed E-state index contributed by atoms with van der Waals surface area (Å²) in [5.41, 5.74) is 6.41. The Morgan fingerprint density at radius 3 is 2.47 bits per heavy atom. The zero-order chi connectivity index (χ0) is 12.4. The minimum atomic E-state index is 0.424. The molecule has 0 radical (unpaired) electrons. The third-order valence-electron chi connectivity index (χ3n) is 5.26. The molecular formula is C15H30N2. The molecule has 0 aromatic heterocycles. The van der Waals surface area contributed by atoms with E-state index in [1.54, 1.807) is 0 Å². The van der Waals surface area contributed by atoms with Crippen LogP contribution in [0.3, 0.4) is 0 Å². The summed E-state index contributed by atoms with van der Waals surface area (Å²) in [6, 6.07) is 2.65. The van der Waals surface area contributed by atoms with Crippen LogP contribution in [0, 0.1) is 5.92 Å². The molecule has 0 aromatic carbocycles. The summed E-state index contributed by atoms with van der Waals surface area (Å²) in [5.74, 6) is 0.921. The van der Waals surface area contributed by atoms with Gasteiger partial charge in [0.05, 0.1) is 0 Å². The van der Waals surface area contributed by atoms with Gasteiger partial charge in [-0.2, -0.15) is 0 Å². The van der Waals surface area contributed by atoms with E-state index >= 15 is 0 Å². The molecular weight excluding hydrogens is 208 g/mol. The SMILES string of the molecule is CCC1CCC(N)C(N2C(C)CCC2CC)C1. The van der Waals surface area contributed by atoms with Gasteiger partial charge in [0.1, 0.15) is 0 Å². The number of hydrogen-bond acceptors (Lipinski definition) is 2. The zero-order valence-electron chi connectivity index (χ0n) is 11.9. The number of likely N-dealkylation sites (tertiary alicyclic amines) is 1. The van der Waals surface area contributed by atoms with Gasteiger partial charge in [-0.15, -0.1) is 0 Å². The van der Waals surface area contributed by atoms with Crippen LogP contribution in [0.5, 0.6) is 0 Å². The van der Waals surface area contributed by atoms with Crippen LogP contribution >= 0.6 is 0 Å². The third-order valence-corrected chi connectivity index (χ3v) is 5.26. The van der Waals surface area contributed by atoms with Crippen LogP contribution in [0.1, 0.15) is 65.7 Å². The van der Waals surface area contributed by atoms with Crippen molar-refractivity contribution in [1.29, 1.82) is 0 Å². The standard InChI is InChI=1S/C15H30N2/c1-4-12-7-9-14(16)15(10-12)17-11(3)6-8-13(17)5-2/h11-15H,4-10,16H2,1-3H3. The quantitative estimate of drug-likeness (QED) is 0.818. The molecule has 2 rings (SSSR count). The fraction of sp³-hybridized carbons (Fsp3) is 1.00. The molecule has 0 spiro atoms. The molecule has 5 unspecified atom stereocenters. The van der Waals surface area contributed by atoms with Gasteiger partial charge in [0.15, 0.2) is 0 Å². The van der Waals surface area contributed by atoms with E-state index in [1.807, 2.05) is 0 Å². The Kier molecular flexibility index (Phi) is 4.48. The molecule has 0 bridgehead atoms. The minimum Gasteiger partial charge on any atom is -0.326 e. The maximum absolute atomic E-state index is 6.41. The molecule has 2 aliphatic rings. The van der Waals surface area contributed by atoms with E-state index in [9.17, 15) is 0 Å². The van der Waals surface area contributed by atoms with Gasteiger partial charge in [0, 0.05) is 24.2 Å². The van der Waals surface area contributed by atoms with Crippen LogP contribution in [0.4, 0.5) is 0 Å². The fourth-order valence-corrected chi connectivity index (χ4v) is 4.07. The second-order valence-corrected chi connectivity index (χ2v) is 6.25. The van der Waals surface area contributed by atoms with E-state index in [4.69, 9.17) is 5.73 Å². The Morgan fingerprint density at radius 2 is 1.82 bits per heavy atom. The molecule has 1 saturated carbocycles. The summed E-state index contributed by atoms with van der Waals surface area (Å²) in [6.07, 6.45) is 9.33. The van der Waals surface area contributed by atoms with Crippen LogP contribution in [-0.2, 0) is 0 Å². The first-order chi connectivity index (χ1) is 8.17. The van der Waals surface area contributed by atoms with Gasteiger partial charge in [-0.25, -0.2) is 0 Å². The predicted octanol–water partition coefficient (Wildman–Crippen LogP) is 3.16. The maximum atomic E-state index is 6.41. The number of rotatable bonds is 3. The van der Waals surface area contributed by atoms with Crippen molar-refractivity contribution in [1.82, 2.24) is 4.90 Å². The average molecular weight is 238 g/mol. The predicted molar refractivity (Wildman–Crippen MR) is 74.0 cm³/mol. The average Bonchev–Trinajstić information content (AvgIpc) is 2.71.